The molecule has 3 atom stereocenters. The second-order valence-corrected chi connectivity index (χ2v) is 6.86. The van der Waals surface area contributed by atoms with Crippen LogP contribution < -0.4 is 0 Å². The van der Waals surface area contributed by atoms with E-state index in [1.165, 1.54) is 21.2 Å². The monoisotopic (exact) mass is 294 g/mol. The summed E-state index contributed by atoms with van der Waals surface area (Å²) in [5, 5.41) is 14.1. The summed E-state index contributed by atoms with van der Waals surface area (Å²) in [7, 11) is 0. The van der Waals surface area contributed by atoms with Crippen molar-refractivity contribution in [3.63, 3.8) is 0 Å². The summed E-state index contributed by atoms with van der Waals surface area (Å²) >= 11 is 1.77. The second kappa shape index (κ2) is 5.28. The molecule has 1 aromatic heterocycles. The summed E-state index contributed by atoms with van der Waals surface area (Å²) in [6, 6.07) is 19.0. The van der Waals surface area contributed by atoms with Crippen molar-refractivity contribution >= 4 is 21.4 Å². The van der Waals surface area contributed by atoms with Crippen LogP contribution in [0.25, 0.3) is 10.1 Å². The van der Waals surface area contributed by atoms with Crippen molar-refractivity contribution in [2.24, 2.45) is 5.92 Å². The Morgan fingerprint density at radius 1 is 1.05 bits per heavy atom. The van der Waals surface area contributed by atoms with E-state index in [9.17, 15) is 5.11 Å². The molecule has 0 saturated heterocycles. The predicted molar refractivity (Wildman–Crippen MR) is 88.8 cm³/mol. The molecule has 1 heterocycles. The van der Waals surface area contributed by atoms with E-state index in [1.54, 1.807) is 11.3 Å². The molecule has 0 aliphatic heterocycles. The molecule has 3 aromatic rings. The summed E-state index contributed by atoms with van der Waals surface area (Å²) < 4.78 is 1.31. The van der Waals surface area contributed by atoms with Gasteiger partial charge in [0.25, 0.3) is 0 Å². The Balaban J connectivity index is 1.49. The molecule has 0 amide bonds. The van der Waals surface area contributed by atoms with Crippen LogP contribution in [0.15, 0.2) is 60.0 Å². The van der Waals surface area contributed by atoms with Crippen molar-refractivity contribution < 1.29 is 5.11 Å². The topological polar surface area (TPSA) is 20.2 Å². The highest BCUT2D eigenvalue weighted by atomic mass is 32.1. The molecule has 1 fully saturated rings. The standard InChI is InChI=1S/C19H18OS/c20-18(17-11-16(17)13-6-2-1-3-7-13)10-14-12-21-19-9-5-4-8-15(14)19/h1-9,12,16-18,20H,10-11H2. The van der Waals surface area contributed by atoms with E-state index in [0.29, 0.717) is 11.8 Å². The van der Waals surface area contributed by atoms with Crippen LogP contribution in [0.4, 0.5) is 0 Å². The lowest BCUT2D eigenvalue weighted by atomic mass is 10.0. The minimum Gasteiger partial charge on any atom is -0.392 e. The van der Waals surface area contributed by atoms with Crippen LogP contribution in [-0.2, 0) is 6.42 Å². The normalized spacial score (nSPS) is 22.3. The fourth-order valence-corrected chi connectivity index (χ4v) is 4.27. The zero-order valence-electron chi connectivity index (χ0n) is 11.8. The summed E-state index contributed by atoms with van der Waals surface area (Å²) in [4.78, 5) is 0. The van der Waals surface area contributed by atoms with Crippen molar-refractivity contribution in [2.45, 2.75) is 24.9 Å². The highest BCUT2D eigenvalue weighted by Gasteiger charge is 2.43. The van der Waals surface area contributed by atoms with Gasteiger partial charge in [-0.1, -0.05) is 48.5 Å². The Morgan fingerprint density at radius 3 is 2.67 bits per heavy atom. The van der Waals surface area contributed by atoms with Crippen LogP contribution >= 0.6 is 11.3 Å². The van der Waals surface area contributed by atoms with Gasteiger partial charge in [-0.15, -0.1) is 11.3 Å². The summed E-state index contributed by atoms with van der Waals surface area (Å²) in [6.45, 7) is 0. The quantitative estimate of drug-likeness (QED) is 0.745. The fourth-order valence-electron chi connectivity index (χ4n) is 3.29. The maximum Gasteiger partial charge on any atom is 0.0615 e. The van der Waals surface area contributed by atoms with Crippen molar-refractivity contribution in [3.8, 4) is 0 Å². The average molecular weight is 294 g/mol. The summed E-state index contributed by atoms with van der Waals surface area (Å²) in [6.07, 6.45) is 1.67. The molecule has 4 rings (SSSR count). The Bertz CT molecular complexity index is 746. The molecule has 106 valence electrons. The van der Waals surface area contributed by atoms with E-state index in [-0.39, 0.29) is 6.10 Å². The van der Waals surface area contributed by atoms with Crippen LogP contribution in [0.3, 0.4) is 0 Å². The highest BCUT2D eigenvalue weighted by molar-refractivity contribution is 7.17. The lowest BCUT2D eigenvalue weighted by Gasteiger charge is -2.10. The van der Waals surface area contributed by atoms with Gasteiger partial charge in [0, 0.05) is 11.1 Å². The van der Waals surface area contributed by atoms with Gasteiger partial charge >= 0.3 is 0 Å². The van der Waals surface area contributed by atoms with Gasteiger partial charge in [-0.25, -0.2) is 0 Å². The number of aliphatic hydroxyl groups is 1. The van der Waals surface area contributed by atoms with Gasteiger partial charge in [-0.05, 0) is 46.2 Å². The zero-order chi connectivity index (χ0) is 14.2. The SMILES string of the molecule is OC(Cc1csc2ccccc12)C1CC1c1ccccc1. The van der Waals surface area contributed by atoms with Crippen molar-refractivity contribution in [2.75, 3.05) is 0 Å². The van der Waals surface area contributed by atoms with Crippen LogP contribution in [0.2, 0.25) is 0 Å². The maximum atomic E-state index is 10.6. The molecular formula is C19H18OS. The second-order valence-electron chi connectivity index (χ2n) is 5.95. The van der Waals surface area contributed by atoms with Crippen LogP contribution in [0.1, 0.15) is 23.5 Å². The number of fused-ring (bicyclic) bond motifs is 1. The van der Waals surface area contributed by atoms with Crippen LogP contribution in [0, 0.1) is 5.92 Å². The molecule has 2 heteroatoms. The Kier molecular flexibility index (Phi) is 3.28. The fraction of sp³-hybridized carbons (Fsp3) is 0.263. The molecule has 0 radical (unpaired) electrons. The van der Waals surface area contributed by atoms with Crippen LogP contribution in [0.5, 0.6) is 0 Å². The van der Waals surface area contributed by atoms with E-state index < -0.39 is 0 Å². The first-order valence-corrected chi connectivity index (χ1v) is 8.39. The van der Waals surface area contributed by atoms with Gasteiger partial charge in [0.15, 0.2) is 0 Å². The summed E-state index contributed by atoms with van der Waals surface area (Å²) in [5.41, 5.74) is 2.67. The third kappa shape index (κ3) is 2.50. The number of hydrogen-bond donors (Lipinski definition) is 1. The van der Waals surface area contributed by atoms with Crippen LogP contribution in [-0.4, -0.2) is 11.2 Å². The minimum absolute atomic E-state index is 0.229. The maximum absolute atomic E-state index is 10.6. The number of benzene rings is 2. The number of thiophene rings is 1. The lowest BCUT2D eigenvalue weighted by Crippen LogP contribution is -2.13. The molecule has 2 aromatic carbocycles. The number of aliphatic hydroxyl groups excluding tert-OH is 1. The van der Waals surface area contributed by atoms with Crippen molar-refractivity contribution in [3.05, 3.63) is 71.1 Å². The largest absolute Gasteiger partial charge is 0.392 e. The molecule has 3 unspecified atom stereocenters. The Morgan fingerprint density at radius 2 is 1.81 bits per heavy atom. The van der Waals surface area contributed by atoms with E-state index in [4.69, 9.17) is 0 Å². The van der Waals surface area contributed by atoms with E-state index >= 15 is 0 Å². The predicted octanol–water partition coefficient (Wildman–Crippen LogP) is 4.61. The molecule has 0 bridgehead atoms. The van der Waals surface area contributed by atoms with Gasteiger partial charge < -0.3 is 5.11 Å². The van der Waals surface area contributed by atoms with Gasteiger partial charge in [0.05, 0.1) is 6.10 Å². The first kappa shape index (κ1) is 13.1. The van der Waals surface area contributed by atoms with Gasteiger partial charge in [0.1, 0.15) is 0 Å². The summed E-state index contributed by atoms with van der Waals surface area (Å²) in [5.74, 6) is 0.970. The average Bonchev–Trinajstić information content (AvgIpc) is 3.25. The third-order valence-electron chi connectivity index (χ3n) is 4.55. The highest BCUT2D eigenvalue weighted by Crippen LogP contribution is 2.50. The molecule has 21 heavy (non-hydrogen) atoms. The van der Waals surface area contributed by atoms with Crippen molar-refractivity contribution in [1.82, 2.24) is 0 Å². The Labute approximate surface area is 128 Å². The molecule has 1 aliphatic carbocycles. The molecule has 1 nitrogen and oxygen atoms in total. The molecule has 1 N–H and O–H groups in total. The van der Waals surface area contributed by atoms with E-state index in [2.05, 4.69) is 60.0 Å². The molecule has 0 spiro atoms. The lowest BCUT2D eigenvalue weighted by molar-refractivity contribution is 0.149. The number of rotatable bonds is 4. The van der Waals surface area contributed by atoms with Gasteiger partial charge in [-0.2, -0.15) is 0 Å². The Hall–Kier alpha value is -1.64. The zero-order valence-corrected chi connectivity index (χ0v) is 12.6. The molecular weight excluding hydrogens is 276 g/mol. The first-order valence-electron chi connectivity index (χ1n) is 7.51. The third-order valence-corrected chi connectivity index (χ3v) is 5.56. The van der Waals surface area contributed by atoms with Gasteiger partial charge in [-0.3, -0.25) is 0 Å². The molecule has 1 aliphatic rings. The number of hydrogen-bond acceptors (Lipinski definition) is 2. The van der Waals surface area contributed by atoms with Crippen molar-refractivity contribution in [1.29, 1.82) is 0 Å². The van der Waals surface area contributed by atoms with E-state index in [0.717, 1.165) is 12.8 Å². The first-order chi connectivity index (χ1) is 10.3. The molecule has 1 saturated carbocycles. The minimum atomic E-state index is -0.229. The van der Waals surface area contributed by atoms with Gasteiger partial charge in [0.2, 0.25) is 0 Å². The van der Waals surface area contributed by atoms with E-state index in [1.807, 2.05) is 0 Å². The smallest absolute Gasteiger partial charge is 0.0615 e.